The van der Waals surface area contributed by atoms with Crippen molar-refractivity contribution in [1.29, 1.82) is 0 Å². The lowest BCUT2D eigenvalue weighted by Gasteiger charge is -2.28. The van der Waals surface area contributed by atoms with Crippen molar-refractivity contribution in [2.75, 3.05) is 50.8 Å². The van der Waals surface area contributed by atoms with Gasteiger partial charge in [0.2, 0.25) is 10.0 Å². The monoisotopic (exact) mass is 604 g/mol. The first-order valence-electron chi connectivity index (χ1n) is 14.6. The molecule has 3 aromatic carbocycles. The summed E-state index contributed by atoms with van der Waals surface area (Å²) in [7, 11) is -3.69. The molecule has 8 nitrogen and oxygen atoms in total. The molecule has 4 aromatic rings. The molecular weight excluding hydrogens is 569 g/mol. The number of fused-ring (bicyclic) bond motifs is 2. The smallest absolute Gasteiger partial charge is 0.260 e. The SMILES string of the molecule is CCc1cccc2sc(N(CCCN3CCOCC3)C(=O)c3ccc(S(=O)(=O)N4CCc5ccccc5C4)cc3)nc12. The molecule has 3 heterocycles. The molecule has 0 spiro atoms. The minimum absolute atomic E-state index is 0.176. The molecule has 2 aliphatic rings. The molecule has 0 saturated carbocycles. The fourth-order valence-electron chi connectivity index (χ4n) is 5.71. The van der Waals surface area contributed by atoms with Gasteiger partial charge >= 0.3 is 0 Å². The highest BCUT2D eigenvalue weighted by Crippen LogP contribution is 2.32. The van der Waals surface area contributed by atoms with Gasteiger partial charge in [0, 0.05) is 44.8 Å². The third kappa shape index (κ3) is 6.00. The largest absolute Gasteiger partial charge is 0.379 e. The average Bonchev–Trinajstić information content (AvgIpc) is 3.47. The van der Waals surface area contributed by atoms with Crippen molar-refractivity contribution in [3.63, 3.8) is 0 Å². The van der Waals surface area contributed by atoms with E-state index in [0.717, 1.165) is 67.0 Å². The Morgan fingerprint density at radius 1 is 0.976 bits per heavy atom. The van der Waals surface area contributed by atoms with Gasteiger partial charge in [0.15, 0.2) is 5.13 Å². The van der Waals surface area contributed by atoms with Crippen molar-refractivity contribution in [2.24, 2.45) is 0 Å². The Hall–Kier alpha value is -3.15. The van der Waals surface area contributed by atoms with Crippen LogP contribution in [0, 0.1) is 0 Å². The zero-order chi connectivity index (χ0) is 29.1. The standard InChI is InChI=1S/C32H36N4O4S2/c1-2-24-9-5-10-29-30(24)33-32(41-29)36(17-6-16-34-19-21-40-22-20-34)31(37)26-11-13-28(14-12-26)42(38,39)35-18-15-25-7-3-4-8-27(25)23-35/h3-5,7-14H,2,6,15-23H2,1H3. The van der Waals surface area contributed by atoms with Gasteiger partial charge in [-0.2, -0.15) is 4.31 Å². The Balaban J connectivity index is 1.23. The van der Waals surface area contributed by atoms with Crippen LogP contribution in [0.3, 0.4) is 0 Å². The summed E-state index contributed by atoms with van der Waals surface area (Å²) in [6.07, 6.45) is 2.35. The lowest BCUT2D eigenvalue weighted by atomic mass is 10.0. The van der Waals surface area contributed by atoms with Crippen LogP contribution in [-0.4, -0.2) is 74.5 Å². The summed E-state index contributed by atoms with van der Waals surface area (Å²) in [6, 6.07) is 20.5. The van der Waals surface area contributed by atoms with E-state index < -0.39 is 10.0 Å². The summed E-state index contributed by atoms with van der Waals surface area (Å²) in [6.45, 7) is 7.55. The van der Waals surface area contributed by atoms with Gasteiger partial charge in [0.1, 0.15) is 0 Å². The number of aryl methyl sites for hydroxylation is 1. The van der Waals surface area contributed by atoms with Crippen LogP contribution in [-0.2, 0) is 34.1 Å². The molecule has 6 rings (SSSR count). The lowest BCUT2D eigenvalue weighted by molar-refractivity contribution is 0.0376. The molecule has 10 heteroatoms. The lowest BCUT2D eigenvalue weighted by Crippen LogP contribution is -2.39. The molecule has 1 fully saturated rings. The molecule has 0 aliphatic carbocycles. The predicted octanol–water partition coefficient (Wildman–Crippen LogP) is 4.97. The average molecular weight is 605 g/mol. The second-order valence-corrected chi connectivity index (χ2v) is 13.7. The predicted molar refractivity (Wildman–Crippen MR) is 167 cm³/mol. The molecule has 2 aliphatic heterocycles. The molecule has 0 bridgehead atoms. The van der Waals surface area contributed by atoms with Crippen LogP contribution in [0.25, 0.3) is 10.2 Å². The Kier molecular flexibility index (Phi) is 8.69. The van der Waals surface area contributed by atoms with E-state index in [4.69, 9.17) is 9.72 Å². The Bertz CT molecular complexity index is 1660. The van der Waals surface area contributed by atoms with Gasteiger partial charge < -0.3 is 4.74 Å². The number of carbonyl (C=O) groups is 1. The number of thiazole rings is 1. The van der Waals surface area contributed by atoms with Crippen molar-refractivity contribution in [2.45, 2.75) is 37.6 Å². The van der Waals surface area contributed by atoms with Crippen LogP contribution in [0.4, 0.5) is 5.13 Å². The molecule has 1 saturated heterocycles. The number of sulfonamides is 1. The second kappa shape index (κ2) is 12.6. The first kappa shape index (κ1) is 28.9. The van der Waals surface area contributed by atoms with Gasteiger partial charge in [-0.3, -0.25) is 14.6 Å². The normalized spacial score (nSPS) is 16.4. The van der Waals surface area contributed by atoms with Crippen LogP contribution in [0.15, 0.2) is 71.6 Å². The van der Waals surface area contributed by atoms with Crippen LogP contribution < -0.4 is 4.90 Å². The summed E-state index contributed by atoms with van der Waals surface area (Å²) in [5.41, 5.74) is 4.77. The number of hydrogen-bond donors (Lipinski definition) is 0. The molecule has 0 unspecified atom stereocenters. The third-order valence-electron chi connectivity index (χ3n) is 8.14. The van der Waals surface area contributed by atoms with E-state index in [2.05, 4.69) is 24.0 Å². The number of carbonyl (C=O) groups excluding carboxylic acids is 1. The van der Waals surface area contributed by atoms with Crippen LogP contribution >= 0.6 is 11.3 Å². The maximum Gasteiger partial charge on any atom is 0.260 e. The van der Waals surface area contributed by atoms with Crippen LogP contribution in [0.5, 0.6) is 0 Å². The van der Waals surface area contributed by atoms with Crippen molar-refractivity contribution in [3.8, 4) is 0 Å². The van der Waals surface area contributed by atoms with Crippen LogP contribution in [0.2, 0.25) is 0 Å². The number of ether oxygens (including phenoxy) is 1. The molecule has 1 amide bonds. The zero-order valence-electron chi connectivity index (χ0n) is 23.9. The van der Waals surface area contributed by atoms with Crippen molar-refractivity contribution in [3.05, 3.63) is 89.0 Å². The van der Waals surface area contributed by atoms with Gasteiger partial charge in [-0.1, -0.05) is 54.7 Å². The Morgan fingerprint density at radius 3 is 2.50 bits per heavy atom. The number of amides is 1. The summed E-state index contributed by atoms with van der Waals surface area (Å²) in [5, 5.41) is 0.668. The molecule has 1 aromatic heterocycles. The van der Waals surface area contributed by atoms with E-state index in [1.54, 1.807) is 29.2 Å². The maximum absolute atomic E-state index is 14.0. The molecule has 42 heavy (non-hydrogen) atoms. The Morgan fingerprint density at radius 2 is 1.74 bits per heavy atom. The summed E-state index contributed by atoms with van der Waals surface area (Å²) < 4.78 is 35.0. The minimum atomic E-state index is -3.69. The summed E-state index contributed by atoms with van der Waals surface area (Å²) in [4.78, 5) is 23.2. The van der Waals surface area contributed by atoms with Gasteiger partial charge in [-0.05, 0) is 66.3 Å². The molecule has 0 atom stereocenters. The second-order valence-electron chi connectivity index (χ2n) is 10.8. The number of aromatic nitrogens is 1. The maximum atomic E-state index is 14.0. The molecule has 0 N–H and O–H groups in total. The topological polar surface area (TPSA) is 83.0 Å². The minimum Gasteiger partial charge on any atom is -0.379 e. The fraction of sp³-hybridized carbons (Fsp3) is 0.375. The van der Waals surface area contributed by atoms with E-state index in [1.807, 2.05) is 30.3 Å². The van der Waals surface area contributed by atoms with Gasteiger partial charge in [-0.25, -0.2) is 13.4 Å². The summed E-state index contributed by atoms with van der Waals surface area (Å²) >= 11 is 1.52. The number of morpholine rings is 1. The quantitative estimate of drug-likeness (QED) is 0.268. The number of para-hydroxylation sites is 1. The van der Waals surface area contributed by atoms with Crippen molar-refractivity contribution >= 4 is 42.6 Å². The number of anilines is 1. The first-order valence-corrected chi connectivity index (χ1v) is 16.9. The highest BCUT2D eigenvalue weighted by molar-refractivity contribution is 7.89. The number of hydrogen-bond acceptors (Lipinski definition) is 7. The van der Waals surface area contributed by atoms with E-state index in [9.17, 15) is 13.2 Å². The molecule has 220 valence electrons. The zero-order valence-corrected chi connectivity index (χ0v) is 25.5. The van der Waals surface area contributed by atoms with Gasteiger partial charge in [0.05, 0.1) is 28.3 Å². The first-order chi connectivity index (χ1) is 20.4. The third-order valence-corrected chi connectivity index (χ3v) is 11.0. The molecule has 0 radical (unpaired) electrons. The van der Waals surface area contributed by atoms with E-state index in [0.29, 0.717) is 36.8 Å². The Labute approximate surface area is 251 Å². The number of nitrogens with zero attached hydrogens (tertiary/aromatic N) is 4. The van der Waals surface area contributed by atoms with Gasteiger partial charge in [0.25, 0.3) is 5.91 Å². The number of benzene rings is 3. The van der Waals surface area contributed by atoms with Crippen LogP contribution in [0.1, 0.15) is 40.4 Å². The van der Waals surface area contributed by atoms with Gasteiger partial charge in [-0.15, -0.1) is 0 Å². The highest BCUT2D eigenvalue weighted by atomic mass is 32.2. The van der Waals surface area contributed by atoms with Crippen molar-refractivity contribution < 1.29 is 17.9 Å². The molecular formula is C32H36N4O4S2. The van der Waals surface area contributed by atoms with E-state index in [1.165, 1.54) is 21.2 Å². The van der Waals surface area contributed by atoms with E-state index in [-0.39, 0.29) is 10.8 Å². The highest BCUT2D eigenvalue weighted by Gasteiger charge is 2.29. The van der Waals surface area contributed by atoms with Crippen molar-refractivity contribution in [1.82, 2.24) is 14.2 Å². The number of rotatable bonds is 9. The summed E-state index contributed by atoms with van der Waals surface area (Å²) in [5.74, 6) is -0.176. The van der Waals surface area contributed by atoms with E-state index >= 15 is 0 Å². The fourth-order valence-corrected chi connectivity index (χ4v) is 8.16.